The van der Waals surface area contributed by atoms with E-state index in [1.54, 1.807) is 0 Å². The van der Waals surface area contributed by atoms with Crippen LogP contribution in [0.15, 0.2) is 194 Å². The fourth-order valence-electron chi connectivity index (χ4n) is 10.2. The lowest BCUT2D eigenvalue weighted by molar-refractivity contribution is 1.27. The van der Waals surface area contributed by atoms with E-state index in [2.05, 4.69) is 139 Å². The standard InChI is InChI=1S/C56H32N6/c1-58-48-23-9-11-25-52(48)60(37-17-6-3-7-18-37)39-27-29-51-45(31-39)41-20-13-22-43-47-32-53-46(33-54(47)62(51)56(41)43)42-21-12-19-40-44-30-38(26-28-50(44)61(53)55(40)42)59(36-15-4-2-5-16-36)49-24-10-8-14-35(49)34-57/h2-33H. The summed E-state index contributed by atoms with van der Waals surface area (Å²) in [6.45, 7) is 7.98. The van der Waals surface area contributed by atoms with Crippen molar-refractivity contribution in [1.82, 2.24) is 8.80 Å². The number of benzene rings is 9. The zero-order valence-corrected chi connectivity index (χ0v) is 33.2. The molecule has 0 saturated carbocycles. The maximum absolute atomic E-state index is 10.2. The predicted molar refractivity (Wildman–Crippen MR) is 256 cm³/mol. The Balaban J connectivity index is 1.03. The van der Waals surface area contributed by atoms with E-state index in [4.69, 9.17) is 6.57 Å². The molecule has 0 fully saturated rings. The lowest BCUT2D eigenvalue weighted by Crippen LogP contribution is -2.11. The lowest BCUT2D eigenvalue weighted by atomic mass is 10.0. The van der Waals surface area contributed by atoms with E-state index in [9.17, 15) is 5.26 Å². The van der Waals surface area contributed by atoms with E-state index < -0.39 is 0 Å². The van der Waals surface area contributed by atoms with Crippen molar-refractivity contribution in [3.8, 4) is 6.07 Å². The van der Waals surface area contributed by atoms with E-state index in [-0.39, 0.29) is 0 Å². The first-order chi connectivity index (χ1) is 30.7. The molecule has 6 heteroatoms. The van der Waals surface area contributed by atoms with Crippen molar-refractivity contribution in [2.24, 2.45) is 0 Å². The van der Waals surface area contributed by atoms with Gasteiger partial charge in [-0.25, -0.2) is 4.85 Å². The molecule has 13 rings (SSSR count). The Labute approximate surface area is 355 Å². The van der Waals surface area contributed by atoms with Gasteiger partial charge in [0.1, 0.15) is 6.07 Å². The van der Waals surface area contributed by atoms with Gasteiger partial charge in [0.25, 0.3) is 0 Å². The predicted octanol–water partition coefficient (Wildman–Crippen LogP) is 15.3. The minimum Gasteiger partial charge on any atom is -0.320 e. The van der Waals surface area contributed by atoms with Crippen LogP contribution in [0.5, 0.6) is 0 Å². The summed E-state index contributed by atoms with van der Waals surface area (Å²) in [5.41, 5.74) is 14.0. The Morgan fingerprint density at radius 3 is 1.32 bits per heavy atom. The topological polar surface area (TPSA) is 43.5 Å². The van der Waals surface area contributed by atoms with E-state index in [0.717, 1.165) is 45.2 Å². The molecule has 4 heterocycles. The monoisotopic (exact) mass is 788 g/mol. The fraction of sp³-hybridized carbons (Fsp3) is 0. The van der Waals surface area contributed by atoms with Crippen LogP contribution in [-0.2, 0) is 0 Å². The molecule has 62 heavy (non-hydrogen) atoms. The van der Waals surface area contributed by atoms with Crippen molar-refractivity contribution in [2.45, 2.75) is 0 Å². The van der Waals surface area contributed by atoms with Crippen LogP contribution in [-0.4, -0.2) is 8.80 Å². The Kier molecular flexibility index (Phi) is 7.05. The molecule has 6 nitrogen and oxygen atoms in total. The number of hydrogen-bond donors (Lipinski definition) is 0. The highest BCUT2D eigenvalue weighted by Gasteiger charge is 2.25. The van der Waals surface area contributed by atoms with E-state index in [0.29, 0.717) is 11.3 Å². The number of rotatable bonds is 6. The van der Waals surface area contributed by atoms with Gasteiger partial charge in [-0.15, -0.1) is 0 Å². The van der Waals surface area contributed by atoms with Crippen LogP contribution in [0, 0.1) is 17.9 Å². The molecular formula is C56H32N6. The second-order valence-corrected chi connectivity index (χ2v) is 15.9. The van der Waals surface area contributed by atoms with Crippen LogP contribution in [0.25, 0.3) is 81.0 Å². The van der Waals surface area contributed by atoms with Gasteiger partial charge in [0.05, 0.1) is 56.6 Å². The summed E-state index contributed by atoms with van der Waals surface area (Å²) in [5.74, 6) is 0. The smallest absolute Gasteiger partial charge is 0.210 e. The Morgan fingerprint density at radius 2 is 0.823 bits per heavy atom. The van der Waals surface area contributed by atoms with Crippen LogP contribution in [0.2, 0.25) is 0 Å². The molecule has 0 bridgehead atoms. The Bertz CT molecular complexity index is 3750. The van der Waals surface area contributed by atoms with Gasteiger partial charge in [-0.1, -0.05) is 103 Å². The highest BCUT2D eigenvalue weighted by molar-refractivity contribution is 6.29. The number of nitriles is 1. The minimum atomic E-state index is 0.606. The van der Waals surface area contributed by atoms with Crippen molar-refractivity contribution in [1.29, 1.82) is 5.26 Å². The normalized spacial score (nSPS) is 11.8. The third-order valence-corrected chi connectivity index (χ3v) is 12.8. The van der Waals surface area contributed by atoms with Crippen LogP contribution in [0.1, 0.15) is 5.56 Å². The molecule has 0 aliphatic heterocycles. The Morgan fingerprint density at radius 1 is 0.387 bits per heavy atom. The van der Waals surface area contributed by atoms with Gasteiger partial charge in [-0.05, 0) is 91.0 Å². The van der Waals surface area contributed by atoms with Crippen LogP contribution < -0.4 is 9.80 Å². The summed E-state index contributed by atoms with van der Waals surface area (Å²) < 4.78 is 4.90. The summed E-state index contributed by atoms with van der Waals surface area (Å²) in [7, 11) is 0. The highest BCUT2D eigenvalue weighted by atomic mass is 15.2. The van der Waals surface area contributed by atoms with Gasteiger partial charge in [-0.3, -0.25) is 0 Å². The molecule has 0 amide bonds. The first-order valence-electron chi connectivity index (χ1n) is 20.7. The number of anilines is 6. The summed E-state index contributed by atoms with van der Waals surface area (Å²) in [5, 5.41) is 19.8. The molecule has 0 N–H and O–H groups in total. The van der Waals surface area contributed by atoms with Crippen molar-refractivity contribution in [3.05, 3.63) is 211 Å². The largest absolute Gasteiger partial charge is 0.320 e. The summed E-state index contributed by atoms with van der Waals surface area (Å²) in [6, 6.07) is 70.2. The molecule has 0 aliphatic carbocycles. The lowest BCUT2D eigenvalue weighted by Gasteiger charge is -2.26. The van der Waals surface area contributed by atoms with Crippen molar-refractivity contribution in [3.63, 3.8) is 0 Å². The first kappa shape index (κ1) is 34.1. The van der Waals surface area contributed by atoms with Crippen LogP contribution in [0.3, 0.4) is 0 Å². The fourth-order valence-corrected chi connectivity index (χ4v) is 10.2. The van der Waals surface area contributed by atoms with Gasteiger partial charge in [0.15, 0.2) is 0 Å². The Hall–Kier alpha value is -8.84. The minimum absolute atomic E-state index is 0.606. The second kappa shape index (κ2) is 12.8. The summed E-state index contributed by atoms with van der Waals surface area (Å²) >= 11 is 0. The number of nitrogens with zero attached hydrogens (tertiary/aromatic N) is 6. The molecule has 9 aromatic carbocycles. The highest BCUT2D eigenvalue weighted by Crippen LogP contribution is 2.48. The van der Waals surface area contributed by atoms with Crippen LogP contribution >= 0.6 is 0 Å². The van der Waals surface area contributed by atoms with Crippen LogP contribution in [0.4, 0.5) is 39.8 Å². The van der Waals surface area contributed by atoms with Gasteiger partial charge >= 0.3 is 0 Å². The van der Waals surface area contributed by atoms with E-state index in [1.165, 1.54) is 65.2 Å². The molecule has 13 aromatic rings. The van der Waals surface area contributed by atoms with Gasteiger partial charge < -0.3 is 18.6 Å². The molecule has 0 radical (unpaired) electrons. The summed E-state index contributed by atoms with van der Waals surface area (Å²) in [4.78, 5) is 8.28. The number of aromatic nitrogens is 2. The number of para-hydroxylation sites is 7. The molecule has 0 saturated heterocycles. The zero-order chi connectivity index (χ0) is 41.1. The maximum Gasteiger partial charge on any atom is 0.210 e. The van der Waals surface area contributed by atoms with Gasteiger partial charge in [-0.2, -0.15) is 5.26 Å². The molecule has 286 valence electrons. The average Bonchev–Trinajstić information content (AvgIpc) is 4.05. The number of fused-ring (bicyclic) bond motifs is 12. The number of hydrogen-bond acceptors (Lipinski definition) is 3. The second-order valence-electron chi connectivity index (χ2n) is 15.9. The molecule has 4 aromatic heterocycles. The van der Waals surface area contributed by atoms with Gasteiger partial charge in [0.2, 0.25) is 5.69 Å². The van der Waals surface area contributed by atoms with E-state index >= 15 is 0 Å². The maximum atomic E-state index is 10.2. The van der Waals surface area contributed by atoms with E-state index in [1.807, 2.05) is 84.9 Å². The third-order valence-electron chi connectivity index (χ3n) is 12.8. The first-order valence-corrected chi connectivity index (χ1v) is 20.7. The summed E-state index contributed by atoms with van der Waals surface area (Å²) in [6.07, 6.45) is 0. The van der Waals surface area contributed by atoms with Gasteiger partial charge in [0, 0.05) is 65.8 Å². The third kappa shape index (κ3) is 4.61. The molecule has 0 unspecified atom stereocenters. The SMILES string of the molecule is [C-]#[N+]c1ccccc1N(c1ccccc1)c1ccc2c(c1)c1cccc3c4cc5c(cc4n2c13)c1cccc2c3cc(N(c4ccccc4)c4ccccc4C#N)ccc3n5c21. The molecule has 0 spiro atoms. The van der Waals surface area contributed by atoms with Crippen molar-refractivity contribution in [2.75, 3.05) is 9.80 Å². The zero-order valence-electron chi connectivity index (χ0n) is 33.2. The van der Waals surface area contributed by atoms with Crippen molar-refractivity contribution < 1.29 is 0 Å². The molecular weight excluding hydrogens is 757 g/mol. The quantitative estimate of drug-likeness (QED) is 0.158. The van der Waals surface area contributed by atoms with Crippen molar-refractivity contribution >= 4 is 116 Å². The molecule has 0 atom stereocenters. The average molecular weight is 789 g/mol. The molecule has 0 aliphatic rings.